The second-order valence-corrected chi connectivity index (χ2v) is 6.72. The third-order valence-electron chi connectivity index (χ3n) is 4.45. The van der Waals surface area contributed by atoms with Gasteiger partial charge in [-0.25, -0.2) is 0 Å². The molecule has 3 rings (SSSR count). The Morgan fingerprint density at radius 2 is 1.55 bits per heavy atom. The van der Waals surface area contributed by atoms with Crippen LogP contribution in [0.25, 0.3) is 0 Å². The number of anilines is 2. The molecular formula is C24H27N3O2. The largest absolute Gasteiger partial charge is 0.492 e. The third kappa shape index (κ3) is 6.57. The van der Waals surface area contributed by atoms with E-state index in [0.29, 0.717) is 13.2 Å². The first-order chi connectivity index (χ1) is 14.2. The molecular weight excluding hydrogens is 362 g/mol. The lowest BCUT2D eigenvalue weighted by Crippen LogP contribution is -2.33. The summed E-state index contributed by atoms with van der Waals surface area (Å²) in [5.41, 5.74) is 3.22. The highest BCUT2D eigenvalue weighted by Gasteiger charge is 2.09. The molecule has 1 amide bonds. The van der Waals surface area contributed by atoms with E-state index in [1.807, 2.05) is 66.7 Å². The summed E-state index contributed by atoms with van der Waals surface area (Å²) >= 11 is 0. The Bertz CT molecular complexity index is 885. The van der Waals surface area contributed by atoms with E-state index in [-0.39, 0.29) is 12.5 Å². The third-order valence-corrected chi connectivity index (χ3v) is 4.45. The maximum absolute atomic E-state index is 12.2. The maximum atomic E-state index is 12.2. The van der Waals surface area contributed by atoms with E-state index >= 15 is 0 Å². The first-order valence-electron chi connectivity index (χ1n) is 9.75. The summed E-state index contributed by atoms with van der Waals surface area (Å²) in [5, 5.41) is 6.12. The van der Waals surface area contributed by atoms with Crippen LogP contribution in [0.15, 0.2) is 84.9 Å². The van der Waals surface area contributed by atoms with Crippen molar-refractivity contribution in [3.63, 3.8) is 0 Å². The quantitative estimate of drug-likeness (QED) is 0.516. The SMILES string of the molecule is CN(Cc1ccccc1)c1ccccc1NCC(=O)NCCOc1ccccc1. The van der Waals surface area contributed by atoms with Gasteiger partial charge in [0.1, 0.15) is 12.4 Å². The highest BCUT2D eigenvalue weighted by Crippen LogP contribution is 2.25. The van der Waals surface area contributed by atoms with E-state index in [9.17, 15) is 4.79 Å². The van der Waals surface area contributed by atoms with Crippen molar-refractivity contribution < 1.29 is 9.53 Å². The van der Waals surface area contributed by atoms with Crippen LogP contribution in [0.5, 0.6) is 5.75 Å². The van der Waals surface area contributed by atoms with Gasteiger partial charge in [-0.1, -0.05) is 60.7 Å². The molecule has 3 aromatic rings. The Morgan fingerprint density at radius 1 is 0.897 bits per heavy atom. The smallest absolute Gasteiger partial charge is 0.239 e. The number of benzene rings is 3. The predicted octanol–water partition coefficient (Wildman–Crippen LogP) is 3.93. The monoisotopic (exact) mass is 389 g/mol. The van der Waals surface area contributed by atoms with Gasteiger partial charge >= 0.3 is 0 Å². The second kappa shape index (κ2) is 10.8. The molecule has 0 aliphatic heterocycles. The van der Waals surface area contributed by atoms with Crippen LogP contribution < -0.4 is 20.3 Å². The lowest BCUT2D eigenvalue weighted by molar-refractivity contribution is -0.119. The van der Waals surface area contributed by atoms with Crippen LogP contribution in [0.2, 0.25) is 0 Å². The van der Waals surface area contributed by atoms with Crippen LogP contribution in [-0.4, -0.2) is 32.7 Å². The zero-order chi connectivity index (χ0) is 20.3. The topological polar surface area (TPSA) is 53.6 Å². The van der Waals surface area contributed by atoms with E-state index in [2.05, 4.69) is 40.8 Å². The normalized spacial score (nSPS) is 10.2. The van der Waals surface area contributed by atoms with Gasteiger partial charge in [0.15, 0.2) is 0 Å². The van der Waals surface area contributed by atoms with Crippen molar-refractivity contribution in [3.05, 3.63) is 90.5 Å². The zero-order valence-electron chi connectivity index (χ0n) is 16.7. The molecule has 0 radical (unpaired) electrons. The Labute approximate surface area is 172 Å². The molecule has 0 heterocycles. The molecule has 0 aliphatic carbocycles. The van der Waals surface area contributed by atoms with E-state index in [4.69, 9.17) is 4.74 Å². The number of nitrogens with zero attached hydrogens (tertiary/aromatic N) is 1. The van der Waals surface area contributed by atoms with Crippen LogP contribution in [0.1, 0.15) is 5.56 Å². The van der Waals surface area contributed by atoms with Gasteiger partial charge in [0.25, 0.3) is 0 Å². The number of hydrogen-bond acceptors (Lipinski definition) is 4. The maximum Gasteiger partial charge on any atom is 0.239 e. The summed E-state index contributed by atoms with van der Waals surface area (Å²) in [5.74, 6) is 0.734. The van der Waals surface area contributed by atoms with Crippen molar-refractivity contribution in [1.29, 1.82) is 0 Å². The van der Waals surface area contributed by atoms with E-state index < -0.39 is 0 Å². The number of rotatable bonds is 10. The molecule has 0 saturated heterocycles. The van der Waals surface area contributed by atoms with E-state index in [1.165, 1.54) is 5.56 Å². The Morgan fingerprint density at radius 3 is 2.31 bits per heavy atom. The minimum absolute atomic E-state index is 0.0674. The van der Waals surface area contributed by atoms with Gasteiger partial charge in [0.05, 0.1) is 24.5 Å². The van der Waals surface area contributed by atoms with Crippen molar-refractivity contribution in [1.82, 2.24) is 5.32 Å². The highest BCUT2D eigenvalue weighted by atomic mass is 16.5. The molecule has 0 spiro atoms. The molecule has 2 N–H and O–H groups in total. The van der Waals surface area contributed by atoms with Crippen molar-refractivity contribution in [2.24, 2.45) is 0 Å². The molecule has 5 heteroatoms. The molecule has 0 unspecified atom stereocenters. The molecule has 3 aromatic carbocycles. The van der Waals surface area contributed by atoms with Gasteiger partial charge in [0.2, 0.25) is 5.91 Å². The highest BCUT2D eigenvalue weighted by molar-refractivity contribution is 5.82. The first kappa shape index (κ1) is 20.3. The van der Waals surface area contributed by atoms with E-state index in [0.717, 1.165) is 23.7 Å². The number of amides is 1. The molecule has 150 valence electrons. The van der Waals surface area contributed by atoms with Gasteiger partial charge in [-0.3, -0.25) is 4.79 Å². The van der Waals surface area contributed by atoms with Gasteiger partial charge in [-0.2, -0.15) is 0 Å². The summed E-state index contributed by atoms with van der Waals surface area (Å²) in [6.45, 7) is 1.90. The van der Waals surface area contributed by atoms with Gasteiger partial charge < -0.3 is 20.3 Å². The number of carbonyl (C=O) groups is 1. The molecule has 0 fully saturated rings. The molecule has 0 aromatic heterocycles. The Hall–Kier alpha value is -3.47. The number of hydrogen-bond donors (Lipinski definition) is 2. The fourth-order valence-corrected chi connectivity index (χ4v) is 3.01. The number of nitrogens with one attached hydrogen (secondary N) is 2. The minimum atomic E-state index is -0.0674. The fourth-order valence-electron chi connectivity index (χ4n) is 3.01. The zero-order valence-corrected chi connectivity index (χ0v) is 16.7. The summed E-state index contributed by atoms with van der Waals surface area (Å²) in [4.78, 5) is 14.3. The first-order valence-corrected chi connectivity index (χ1v) is 9.75. The van der Waals surface area contributed by atoms with Crippen LogP contribution >= 0.6 is 0 Å². The van der Waals surface area contributed by atoms with Crippen LogP contribution in [0.4, 0.5) is 11.4 Å². The molecule has 0 aliphatic rings. The second-order valence-electron chi connectivity index (χ2n) is 6.72. The summed E-state index contributed by atoms with van der Waals surface area (Å²) < 4.78 is 5.58. The van der Waals surface area contributed by atoms with Gasteiger partial charge in [-0.15, -0.1) is 0 Å². The lowest BCUT2D eigenvalue weighted by atomic mass is 10.2. The summed E-state index contributed by atoms with van der Waals surface area (Å²) in [6.07, 6.45) is 0. The van der Waals surface area contributed by atoms with Crippen LogP contribution in [0.3, 0.4) is 0 Å². The summed E-state index contributed by atoms with van der Waals surface area (Å²) in [7, 11) is 2.05. The van der Waals surface area contributed by atoms with Crippen molar-refractivity contribution in [2.75, 3.05) is 37.0 Å². The minimum Gasteiger partial charge on any atom is -0.492 e. The molecule has 29 heavy (non-hydrogen) atoms. The average molecular weight is 389 g/mol. The van der Waals surface area contributed by atoms with Crippen molar-refractivity contribution in [3.8, 4) is 5.75 Å². The van der Waals surface area contributed by atoms with E-state index in [1.54, 1.807) is 0 Å². The molecule has 5 nitrogen and oxygen atoms in total. The van der Waals surface area contributed by atoms with Crippen molar-refractivity contribution >= 4 is 17.3 Å². The molecule has 0 atom stereocenters. The van der Waals surface area contributed by atoms with Crippen molar-refractivity contribution in [2.45, 2.75) is 6.54 Å². The predicted molar refractivity (Wildman–Crippen MR) is 118 cm³/mol. The van der Waals surface area contributed by atoms with Gasteiger partial charge in [0, 0.05) is 13.6 Å². The molecule has 0 bridgehead atoms. The fraction of sp³-hybridized carbons (Fsp3) is 0.208. The number of carbonyl (C=O) groups excluding carboxylic acids is 1. The Kier molecular flexibility index (Phi) is 7.52. The van der Waals surface area contributed by atoms with Gasteiger partial charge in [-0.05, 0) is 29.8 Å². The number of para-hydroxylation sites is 3. The summed E-state index contributed by atoms with van der Waals surface area (Å²) in [6, 6.07) is 27.9. The van der Waals surface area contributed by atoms with Crippen LogP contribution in [0, 0.1) is 0 Å². The Balaban J connectivity index is 1.45. The average Bonchev–Trinajstić information content (AvgIpc) is 2.77. The standard InChI is InChI=1S/C24H27N3O2/c1-27(19-20-10-4-2-5-11-20)23-15-9-8-14-22(23)26-18-24(28)25-16-17-29-21-12-6-3-7-13-21/h2-15,26H,16-19H2,1H3,(H,25,28). The van der Waals surface area contributed by atoms with Crippen LogP contribution in [-0.2, 0) is 11.3 Å². The number of ether oxygens (including phenoxy) is 1. The lowest BCUT2D eigenvalue weighted by Gasteiger charge is -2.23. The molecule has 0 saturated carbocycles.